The van der Waals surface area contributed by atoms with E-state index in [1.165, 1.54) is 20.9 Å². The fourth-order valence-electron chi connectivity index (χ4n) is 3.27. The molecule has 220 valence electrons. The van der Waals surface area contributed by atoms with Gasteiger partial charge in [-0.1, -0.05) is 0 Å². The Labute approximate surface area is 225 Å². The Balaban J connectivity index is 3.07. The number of carbonyl (C=O) groups is 7. The smallest absolute Gasteiger partial charge is 0.257 e. The van der Waals surface area contributed by atoms with Gasteiger partial charge in [0.15, 0.2) is 12.3 Å². The topological polar surface area (TPSA) is 294 Å². The van der Waals surface area contributed by atoms with Gasteiger partial charge in [-0.25, -0.2) is 0 Å². The fourth-order valence-corrected chi connectivity index (χ4v) is 3.27. The number of amides is 7. The van der Waals surface area contributed by atoms with Crippen molar-refractivity contribution in [3.05, 3.63) is 0 Å². The average molecular weight is 558 g/mol. The monoisotopic (exact) mass is 557 g/mol. The van der Waals surface area contributed by atoms with Gasteiger partial charge in [-0.3, -0.25) is 33.6 Å². The van der Waals surface area contributed by atoms with Crippen LogP contribution in [0.3, 0.4) is 0 Å². The first-order chi connectivity index (χ1) is 18.3. The van der Waals surface area contributed by atoms with E-state index < -0.39 is 84.4 Å². The molecule has 39 heavy (non-hydrogen) atoms. The number of likely N-dealkylation sites (N-methyl/N-ethyl adjacent to an activating group) is 1. The van der Waals surface area contributed by atoms with Crippen LogP contribution >= 0.6 is 0 Å². The minimum Gasteiger partial charge on any atom is -0.353 e. The molecule has 1 aliphatic rings. The number of rotatable bonds is 3. The fraction of sp³-hybridized carbons (Fsp3) is 0.667. The largest absolute Gasteiger partial charge is 0.353 e. The van der Waals surface area contributed by atoms with E-state index in [2.05, 4.69) is 42.5 Å². The summed E-state index contributed by atoms with van der Waals surface area (Å²) in [5, 5.41) is 19.2. The van der Waals surface area contributed by atoms with Gasteiger partial charge in [0.1, 0.15) is 18.1 Å². The Kier molecular flexibility index (Phi) is 13.7. The summed E-state index contributed by atoms with van der Waals surface area (Å²) in [4.78, 5) is 86.8. The summed E-state index contributed by atoms with van der Waals surface area (Å²) in [5.41, 5.74) is 17.0. The summed E-state index contributed by atoms with van der Waals surface area (Å²) in [6.45, 7) is 2.12. The second-order valence-corrected chi connectivity index (χ2v) is 8.77. The van der Waals surface area contributed by atoms with Gasteiger partial charge in [0.05, 0.1) is 12.6 Å². The number of carbonyl (C=O) groups excluding carboxylic acids is 7. The Hall–Kier alpha value is -3.87. The third-order valence-electron chi connectivity index (χ3n) is 5.59. The molecule has 0 unspecified atom stereocenters. The molecule has 0 aromatic carbocycles. The first-order valence-corrected chi connectivity index (χ1v) is 12.2. The standard InChI is InChI=1S/C21H39N11O7/c1-9-16(34)30-12(4-6-22)19(37)32-14(23)20(38)26-7-5-11(25-3)18(36)29-10(2)17(35)31-15(24)21(39)27-8-13(33)28-9/h9-12,14-15,25H,4-8,22-24H2,1-3H3,(H,26,38)(H,27,39)(H,28,33)(H,29,36)(H,30,34)(H,31,35)(H,32,37)/t9-,10-,11-,12-,14+,15-/m0/s1. The Morgan fingerprint density at radius 1 is 0.718 bits per heavy atom. The van der Waals surface area contributed by atoms with E-state index in [0.717, 1.165) is 0 Å². The van der Waals surface area contributed by atoms with Crippen molar-refractivity contribution >= 4 is 41.4 Å². The first-order valence-electron chi connectivity index (χ1n) is 12.2. The van der Waals surface area contributed by atoms with Crippen LogP contribution in [0.2, 0.25) is 0 Å². The van der Waals surface area contributed by atoms with Crippen LogP contribution in [0, 0.1) is 0 Å². The minimum absolute atomic E-state index is 0.00360. The Morgan fingerprint density at radius 3 is 1.85 bits per heavy atom. The highest BCUT2D eigenvalue weighted by atomic mass is 16.2. The zero-order chi connectivity index (χ0) is 29.7. The molecule has 0 aromatic heterocycles. The zero-order valence-corrected chi connectivity index (χ0v) is 22.1. The lowest BCUT2D eigenvalue weighted by molar-refractivity contribution is -0.134. The van der Waals surface area contributed by atoms with Gasteiger partial charge in [-0.05, 0) is 40.3 Å². The molecule has 0 spiro atoms. The maximum atomic E-state index is 12.6. The van der Waals surface area contributed by atoms with E-state index in [0.29, 0.717) is 0 Å². The van der Waals surface area contributed by atoms with E-state index in [-0.39, 0.29) is 25.9 Å². The number of nitrogens with one attached hydrogen (secondary N) is 8. The van der Waals surface area contributed by atoms with Crippen LogP contribution in [0.5, 0.6) is 0 Å². The molecule has 0 bridgehead atoms. The SMILES string of the molecule is CN[C@H]1CCNC(=O)[C@H](N)NC(=O)[C@H](CCN)NC(=O)[C@H](C)NC(=O)CNC(=O)[C@@H](N)NC(=O)[C@H](C)NC1=O. The average Bonchev–Trinajstić information content (AvgIpc) is 2.88. The summed E-state index contributed by atoms with van der Waals surface area (Å²) in [7, 11) is 1.50. The van der Waals surface area contributed by atoms with Crippen LogP contribution in [0.1, 0.15) is 26.7 Å². The van der Waals surface area contributed by atoms with Crippen molar-refractivity contribution in [1.82, 2.24) is 42.5 Å². The molecule has 1 heterocycles. The van der Waals surface area contributed by atoms with Gasteiger partial charge in [0.25, 0.3) is 11.8 Å². The van der Waals surface area contributed by atoms with Crippen LogP contribution in [0.4, 0.5) is 0 Å². The molecule has 1 rings (SSSR count). The third-order valence-corrected chi connectivity index (χ3v) is 5.59. The lowest BCUT2D eigenvalue weighted by atomic mass is 10.1. The van der Waals surface area contributed by atoms with E-state index in [1.807, 2.05) is 0 Å². The van der Waals surface area contributed by atoms with Crippen LogP contribution in [0.25, 0.3) is 0 Å². The molecule has 18 nitrogen and oxygen atoms in total. The van der Waals surface area contributed by atoms with Crippen LogP contribution < -0.4 is 59.7 Å². The summed E-state index contributed by atoms with van der Waals surface area (Å²) in [6, 6.07) is -4.20. The molecule has 0 aromatic rings. The summed E-state index contributed by atoms with van der Waals surface area (Å²) >= 11 is 0. The Morgan fingerprint density at radius 2 is 1.26 bits per heavy atom. The number of hydrogen-bond acceptors (Lipinski definition) is 11. The maximum Gasteiger partial charge on any atom is 0.257 e. The first kappa shape index (κ1) is 33.2. The molecule has 6 atom stereocenters. The van der Waals surface area contributed by atoms with Crippen molar-refractivity contribution in [2.24, 2.45) is 17.2 Å². The molecule has 0 aliphatic carbocycles. The van der Waals surface area contributed by atoms with Crippen LogP contribution in [0.15, 0.2) is 0 Å². The predicted molar refractivity (Wildman–Crippen MR) is 137 cm³/mol. The van der Waals surface area contributed by atoms with E-state index in [4.69, 9.17) is 17.2 Å². The van der Waals surface area contributed by atoms with E-state index in [1.54, 1.807) is 0 Å². The number of hydrogen-bond donors (Lipinski definition) is 11. The lowest BCUT2D eigenvalue weighted by Gasteiger charge is -2.23. The second-order valence-electron chi connectivity index (χ2n) is 8.77. The quantitative estimate of drug-likeness (QED) is 0.155. The molecule has 7 amide bonds. The summed E-state index contributed by atoms with van der Waals surface area (Å²) < 4.78 is 0. The maximum absolute atomic E-state index is 12.6. The zero-order valence-electron chi connectivity index (χ0n) is 22.1. The van der Waals surface area contributed by atoms with Crippen molar-refractivity contribution in [2.45, 2.75) is 63.2 Å². The van der Waals surface area contributed by atoms with Crippen molar-refractivity contribution < 1.29 is 33.6 Å². The highest BCUT2D eigenvalue weighted by Gasteiger charge is 2.28. The van der Waals surface area contributed by atoms with Gasteiger partial charge in [-0.15, -0.1) is 0 Å². The molecule has 0 saturated carbocycles. The van der Waals surface area contributed by atoms with Gasteiger partial charge < -0.3 is 59.7 Å². The third kappa shape index (κ3) is 11.2. The summed E-state index contributed by atoms with van der Waals surface area (Å²) in [6.07, 6.45) is -2.92. The van der Waals surface area contributed by atoms with Crippen molar-refractivity contribution in [3.8, 4) is 0 Å². The molecule has 1 saturated heterocycles. The van der Waals surface area contributed by atoms with Gasteiger partial charge >= 0.3 is 0 Å². The highest BCUT2D eigenvalue weighted by Crippen LogP contribution is 1.96. The normalized spacial score (nSPS) is 29.5. The van der Waals surface area contributed by atoms with Gasteiger partial charge in [0, 0.05) is 6.54 Å². The van der Waals surface area contributed by atoms with E-state index in [9.17, 15) is 33.6 Å². The Bertz CT molecular complexity index is 932. The van der Waals surface area contributed by atoms with Crippen molar-refractivity contribution in [3.63, 3.8) is 0 Å². The second kappa shape index (κ2) is 16.2. The van der Waals surface area contributed by atoms with Gasteiger partial charge in [0.2, 0.25) is 29.5 Å². The molecule has 1 fully saturated rings. The summed E-state index contributed by atoms with van der Waals surface area (Å²) in [5.74, 6) is -5.28. The predicted octanol–water partition coefficient (Wildman–Crippen LogP) is -7.14. The molecule has 14 N–H and O–H groups in total. The van der Waals surface area contributed by atoms with Gasteiger partial charge in [-0.2, -0.15) is 0 Å². The molecule has 1 aliphatic heterocycles. The van der Waals surface area contributed by atoms with Crippen LogP contribution in [-0.2, 0) is 33.6 Å². The molecular weight excluding hydrogens is 518 g/mol. The van der Waals surface area contributed by atoms with Crippen molar-refractivity contribution in [2.75, 3.05) is 26.7 Å². The molecular formula is C21H39N11O7. The molecule has 18 heteroatoms. The van der Waals surface area contributed by atoms with Crippen molar-refractivity contribution in [1.29, 1.82) is 0 Å². The molecule has 0 radical (unpaired) electrons. The minimum atomic E-state index is -1.54. The number of nitrogens with two attached hydrogens (primary N) is 3. The lowest BCUT2D eigenvalue weighted by Crippen LogP contribution is -2.59. The van der Waals surface area contributed by atoms with Crippen LogP contribution in [-0.4, -0.2) is 105 Å². The highest BCUT2D eigenvalue weighted by molar-refractivity contribution is 5.96. The van der Waals surface area contributed by atoms with E-state index >= 15 is 0 Å².